The predicted molar refractivity (Wildman–Crippen MR) is 57.5 cm³/mol. The molecule has 1 saturated heterocycles. The number of carboxylic acid groups (broad SMARTS) is 1. The second kappa shape index (κ2) is 4.73. The van der Waals surface area contributed by atoms with Gasteiger partial charge in [0.15, 0.2) is 12.2 Å². The van der Waals surface area contributed by atoms with Crippen LogP contribution in [0.1, 0.15) is 5.56 Å². The number of carboxylic acids is 1. The van der Waals surface area contributed by atoms with E-state index in [0.717, 1.165) is 5.56 Å². The number of benzene rings is 1. The van der Waals surface area contributed by atoms with E-state index < -0.39 is 24.1 Å². The van der Waals surface area contributed by atoms with Crippen LogP contribution in [0.4, 0.5) is 0 Å². The highest BCUT2D eigenvalue weighted by atomic mass is 35.5. The van der Waals surface area contributed by atoms with E-state index in [4.69, 9.17) is 21.4 Å². The highest BCUT2D eigenvalue weighted by Gasteiger charge is 2.51. The Balaban J connectivity index is 1.81. The summed E-state index contributed by atoms with van der Waals surface area (Å²) in [6, 6.07) is 6.80. The number of hydrogen-bond acceptors (Lipinski definition) is 4. The molecule has 1 aromatic rings. The van der Waals surface area contributed by atoms with Gasteiger partial charge in [-0.2, -0.15) is 0 Å². The molecule has 17 heavy (non-hydrogen) atoms. The van der Waals surface area contributed by atoms with Gasteiger partial charge < -0.3 is 14.6 Å². The summed E-state index contributed by atoms with van der Waals surface area (Å²) in [7, 11) is 0. The Morgan fingerprint density at radius 1 is 1.29 bits per heavy atom. The van der Waals surface area contributed by atoms with E-state index in [9.17, 15) is 9.59 Å². The summed E-state index contributed by atoms with van der Waals surface area (Å²) in [5.41, 5.74) is 0.773. The van der Waals surface area contributed by atoms with Crippen LogP contribution in [0, 0.1) is 0 Å². The lowest BCUT2D eigenvalue weighted by atomic mass is 10.2. The van der Waals surface area contributed by atoms with Crippen LogP contribution in [0.3, 0.4) is 0 Å². The van der Waals surface area contributed by atoms with Crippen LogP contribution in [-0.2, 0) is 25.7 Å². The molecule has 1 aliphatic rings. The molecule has 1 aromatic carbocycles. The van der Waals surface area contributed by atoms with Crippen molar-refractivity contribution in [2.75, 3.05) is 0 Å². The molecule has 0 bridgehead atoms. The Morgan fingerprint density at radius 3 is 2.47 bits per heavy atom. The zero-order chi connectivity index (χ0) is 12.4. The maximum absolute atomic E-state index is 11.3. The number of esters is 1. The third-order valence-electron chi connectivity index (χ3n) is 2.26. The van der Waals surface area contributed by atoms with Crippen molar-refractivity contribution in [3.63, 3.8) is 0 Å². The van der Waals surface area contributed by atoms with Gasteiger partial charge in [-0.3, -0.25) is 0 Å². The lowest BCUT2D eigenvalue weighted by Crippen LogP contribution is -2.18. The average molecular weight is 257 g/mol. The minimum absolute atomic E-state index is 0.0716. The topological polar surface area (TPSA) is 76.1 Å². The maximum atomic E-state index is 11.3. The smallest absolute Gasteiger partial charge is 0.339 e. The molecule has 0 spiro atoms. The summed E-state index contributed by atoms with van der Waals surface area (Å²) in [6.07, 6.45) is -2.03. The SMILES string of the molecule is O=C(O)C1OC1C(=O)OCc1ccc(Cl)cc1. The molecular weight excluding hydrogens is 248 g/mol. The van der Waals surface area contributed by atoms with Crippen LogP contribution in [0.5, 0.6) is 0 Å². The Bertz CT molecular complexity index is 442. The molecule has 0 aliphatic carbocycles. The predicted octanol–water partition coefficient (Wildman–Crippen LogP) is 1.24. The lowest BCUT2D eigenvalue weighted by Gasteiger charge is -2.02. The molecular formula is C11H9ClO5. The normalized spacial score (nSPS) is 21.9. The summed E-state index contributed by atoms with van der Waals surface area (Å²) in [6.45, 7) is 0.0716. The van der Waals surface area contributed by atoms with Gasteiger partial charge in [0, 0.05) is 5.02 Å². The van der Waals surface area contributed by atoms with Crippen molar-refractivity contribution in [1.82, 2.24) is 0 Å². The maximum Gasteiger partial charge on any atom is 0.339 e. The first-order valence-corrected chi connectivity index (χ1v) is 5.25. The fraction of sp³-hybridized carbons (Fsp3) is 0.273. The molecule has 2 atom stereocenters. The molecule has 0 radical (unpaired) electrons. The first-order valence-electron chi connectivity index (χ1n) is 4.87. The molecule has 0 amide bonds. The molecule has 1 fully saturated rings. The Hall–Kier alpha value is -1.59. The summed E-state index contributed by atoms with van der Waals surface area (Å²) in [5.74, 6) is -1.81. The molecule has 6 heteroatoms. The van der Waals surface area contributed by atoms with Gasteiger partial charge in [0.05, 0.1) is 0 Å². The number of carbonyl (C=O) groups excluding carboxylic acids is 1. The summed E-state index contributed by atoms with van der Waals surface area (Å²) in [5, 5.41) is 9.13. The zero-order valence-electron chi connectivity index (χ0n) is 8.63. The number of epoxide rings is 1. The van der Waals surface area contributed by atoms with Crippen LogP contribution in [-0.4, -0.2) is 29.3 Å². The second-order valence-corrected chi connectivity index (χ2v) is 3.99. The average Bonchev–Trinajstić information content (AvgIpc) is 3.08. The number of halogens is 1. The highest BCUT2D eigenvalue weighted by molar-refractivity contribution is 6.30. The third-order valence-corrected chi connectivity index (χ3v) is 2.51. The molecule has 0 aromatic heterocycles. The van der Waals surface area contributed by atoms with Gasteiger partial charge in [0.25, 0.3) is 0 Å². The van der Waals surface area contributed by atoms with E-state index in [1.54, 1.807) is 24.3 Å². The standard InChI is InChI=1S/C11H9ClO5/c12-7-3-1-6(2-4-7)5-16-11(15)9-8(17-9)10(13)14/h1-4,8-9H,5H2,(H,13,14). The fourth-order valence-electron chi connectivity index (χ4n) is 1.30. The Labute approximate surface area is 102 Å². The number of rotatable bonds is 4. The van der Waals surface area contributed by atoms with Crippen molar-refractivity contribution in [2.45, 2.75) is 18.8 Å². The van der Waals surface area contributed by atoms with Crippen LogP contribution in [0.2, 0.25) is 5.02 Å². The van der Waals surface area contributed by atoms with Gasteiger partial charge in [0.2, 0.25) is 0 Å². The van der Waals surface area contributed by atoms with Gasteiger partial charge in [-0.15, -0.1) is 0 Å². The number of ether oxygens (including phenoxy) is 2. The molecule has 5 nitrogen and oxygen atoms in total. The van der Waals surface area contributed by atoms with E-state index in [1.165, 1.54) is 0 Å². The molecule has 1 heterocycles. The first-order chi connectivity index (χ1) is 8.08. The van der Waals surface area contributed by atoms with E-state index in [2.05, 4.69) is 4.74 Å². The van der Waals surface area contributed by atoms with E-state index >= 15 is 0 Å². The number of hydrogen-bond donors (Lipinski definition) is 1. The van der Waals surface area contributed by atoms with Gasteiger partial charge in [-0.05, 0) is 17.7 Å². The van der Waals surface area contributed by atoms with Crippen LogP contribution in [0.25, 0.3) is 0 Å². The van der Waals surface area contributed by atoms with Gasteiger partial charge in [-0.1, -0.05) is 23.7 Å². The number of carbonyl (C=O) groups is 2. The highest BCUT2D eigenvalue weighted by Crippen LogP contribution is 2.24. The minimum Gasteiger partial charge on any atom is -0.479 e. The summed E-state index contributed by atoms with van der Waals surface area (Å²) < 4.78 is 9.55. The molecule has 90 valence electrons. The zero-order valence-corrected chi connectivity index (χ0v) is 9.39. The largest absolute Gasteiger partial charge is 0.479 e. The summed E-state index contributed by atoms with van der Waals surface area (Å²) >= 11 is 5.70. The lowest BCUT2D eigenvalue weighted by molar-refractivity contribution is -0.147. The van der Waals surface area contributed by atoms with Crippen molar-refractivity contribution in [2.24, 2.45) is 0 Å². The van der Waals surface area contributed by atoms with E-state index in [1.807, 2.05) is 0 Å². The third kappa shape index (κ3) is 2.95. The molecule has 2 unspecified atom stereocenters. The van der Waals surface area contributed by atoms with Crippen molar-refractivity contribution in [3.8, 4) is 0 Å². The van der Waals surface area contributed by atoms with Crippen LogP contribution >= 0.6 is 11.6 Å². The van der Waals surface area contributed by atoms with Gasteiger partial charge in [-0.25, -0.2) is 9.59 Å². The molecule has 1 aliphatic heterocycles. The Morgan fingerprint density at radius 2 is 1.94 bits per heavy atom. The fourth-order valence-corrected chi connectivity index (χ4v) is 1.42. The molecule has 0 saturated carbocycles. The minimum atomic E-state index is -1.15. The summed E-state index contributed by atoms with van der Waals surface area (Å²) in [4.78, 5) is 21.8. The van der Waals surface area contributed by atoms with E-state index in [0.29, 0.717) is 5.02 Å². The van der Waals surface area contributed by atoms with Crippen molar-refractivity contribution >= 4 is 23.5 Å². The molecule has 2 rings (SSSR count). The monoisotopic (exact) mass is 256 g/mol. The van der Waals surface area contributed by atoms with Crippen LogP contribution in [0.15, 0.2) is 24.3 Å². The number of aliphatic carboxylic acids is 1. The second-order valence-electron chi connectivity index (χ2n) is 3.55. The molecule has 1 N–H and O–H groups in total. The van der Waals surface area contributed by atoms with Crippen LogP contribution < -0.4 is 0 Å². The quantitative estimate of drug-likeness (QED) is 0.648. The van der Waals surface area contributed by atoms with Gasteiger partial charge >= 0.3 is 11.9 Å². The van der Waals surface area contributed by atoms with Gasteiger partial charge in [0.1, 0.15) is 6.61 Å². The first kappa shape index (κ1) is 11.9. The van der Waals surface area contributed by atoms with Crippen molar-refractivity contribution in [3.05, 3.63) is 34.9 Å². The van der Waals surface area contributed by atoms with E-state index in [-0.39, 0.29) is 6.61 Å². The Kier molecular flexibility index (Phi) is 3.31. The van der Waals surface area contributed by atoms with Crippen molar-refractivity contribution < 1.29 is 24.2 Å². The van der Waals surface area contributed by atoms with Crippen molar-refractivity contribution in [1.29, 1.82) is 0 Å².